The lowest BCUT2D eigenvalue weighted by molar-refractivity contribution is -0.118. The number of ketones is 1. The van der Waals surface area contributed by atoms with E-state index in [1.807, 2.05) is 0 Å². The number of carbonyl (C=O) groups excluding carboxylic acids is 1. The van der Waals surface area contributed by atoms with Crippen molar-refractivity contribution in [2.45, 2.75) is 44.9 Å². The van der Waals surface area contributed by atoms with E-state index < -0.39 is 11.6 Å². The third kappa shape index (κ3) is 4.30. The summed E-state index contributed by atoms with van der Waals surface area (Å²) in [5.41, 5.74) is 0.000917. The van der Waals surface area contributed by atoms with Crippen molar-refractivity contribution in [2.24, 2.45) is 23.7 Å². The average Bonchev–Trinajstić information content (AvgIpc) is 3.39. The fraction of sp³-hybridized carbons (Fsp3) is 0.462. The number of fused-ring (bicyclic) bond motifs is 1. The van der Waals surface area contributed by atoms with Crippen LogP contribution in [-0.4, -0.2) is 17.1 Å². The molecule has 0 amide bonds. The highest BCUT2D eigenvalue weighted by Crippen LogP contribution is 2.49. The molecule has 33 heavy (non-hydrogen) atoms. The summed E-state index contributed by atoms with van der Waals surface area (Å²) < 4.78 is 39.8. The van der Waals surface area contributed by atoms with Crippen LogP contribution in [0.25, 0.3) is 17.4 Å². The number of furan rings is 1. The number of benzene rings is 1. The quantitative estimate of drug-likeness (QED) is 0.330. The number of Topliss-reactive ketones (excluding diaryl/α,β-unsaturated/α-hetero) is 1. The topological polar surface area (TPSA) is 39.4 Å². The van der Waals surface area contributed by atoms with E-state index in [0.29, 0.717) is 16.6 Å². The number of allylic oxidation sites excluding steroid dienone is 1. The second-order valence-corrected chi connectivity index (χ2v) is 11.1. The molecule has 1 aromatic carbocycles. The summed E-state index contributed by atoms with van der Waals surface area (Å²) in [5.74, 6) is 0.0901. The molecular weight excluding hydrogens is 462 g/mol. The number of thiocarbonyl (C=S) groups is 1. The number of rotatable bonds is 4. The molecule has 3 nitrogen and oxygen atoms in total. The molecule has 3 aliphatic rings. The van der Waals surface area contributed by atoms with Crippen LogP contribution in [0.3, 0.4) is 0 Å². The predicted octanol–water partition coefficient (Wildman–Crippen LogP) is 7.44. The highest BCUT2D eigenvalue weighted by atomic mass is 32.2. The molecule has 3 fully saturated rings. The lowest BCUT2D eigenvalue weighted by Gasteiger charge is -2.40. The SMILES string of the molecule is COc1ccc(-c2ccc(/C=C3\SC(=S)C(C4CCC5CCCCC5C4)C3=O)o2)c(F)c1F. The molecule has 0 N–H and O–H groups in total. The van der Waals surface area contributed by atoms with Gasteiger partial charge in [0.15, 0.2) is 17.3 Å². The van der Waals surface area contributed by atoms with E-state index in [0.717, 1.165) is 28.9 Å². The monoisotopic (exact) mass is 488 g/mol. The molecule has 2 aliphatic carbocycles. The second-order valence-electron chi connectivity index (χ2n) is 9.29. The van der Waals surface area contributed by atoms with Gasteiger partial charge in [-0.3, -0.25) is 4.79 Å². The van der Waals surface area contributed by atoms with Gasteiger partial charge in [-0.1, -0.05) is 49.7 Å². The fourth-order valence-corrected chi connectivity index (χ4v) is 7.40. The van der Waals surface area contributed by atoms with E-state index in [-0.39, 0.29) is 28.8 Å². The van der Waals surface area contributed by atoms with Gasteiger partial charge in [-0.05, 0) is 67.4 Å². The van der Waals surface area contributed by atoms with Crippen LogP contribution in [0.5, 0.6) is 5.75 Å². The summed E-state index contributed by atoms with van der Waals surface area (Å²) in [6, 6.07) is 5.99. The van der Waals surface area contributed by atoms with Crippen molar-refractivity contribution in [2.75, 3.05) is 7.11 Å². The summed E-state index contributed by atoms with van der Waals surface area (Å²) in [4.78, 5) is 13.9. The van der Waals surface area contributed by atoms with Crippen molar-refractivity contribution in [3.05, 3.63) is 46.6 Å². The summed E-state index contributed by atoms with van der Waals surface area (Å²) in [6.45, 7) is 0. The zero-order valence-electron chi connectivity index (χ0n) is 18.4. The zero-order valence-corrected chi connectivity index (χ0v) is 20.1. The van der Waals surface area contributed by atoms with Crippen LogP contribution in [0.4, 0.5) is 8.78 Å². The third-order valence-corrected chi connectivity index (χ3v) is 8.97. The van der Waals surface area contributed by atoms with Crippen LogP contribution in [0.1, 0.15) is 50.7 Å². The maximum absolute atomic E-state index is 14.4. The van der Waals surface area contributed by atoms with Gasteiger partial charge >= 0.3 is 0 Å². The first kappa shape index (κ1) is 22.8. The van der Waals surface area contributed by atoms with Crippen LogP contribution < -0.4 is 4.74 Å². The zero-order chi connectivity index (χ0) is 23.1. The van der Waals surface area contributed by atoms with Gasteiger partial charge in [0.1, 0.15) is 11.5 Å². The van der Waals surface area contributed by atoms with E-state index in [1.165, 1.54) is 63.1 Å². The molecular formula is C26H26F2O3S2. The average molecular weight is 489 g/mol. The van der Waals surface area contributed by atoms with Gasteiger partial charge in [0.05, 0.1) is 27.7 Å². The Hall–Kier alpha value is -1.99. The minimum atomic E-state index is -1.06. The molecule has 0 radical (unpaired) electrons. The van der Waals surface area contributed by atoms with Gasteiger partial charge < -0.3 is 9.15 Å². The molecule has 1 saturated heterocycles. The number of hydrogen-bond donors (Lipinski definition) is 0. The van der Waals surface area contributed by atoms with Gasteiger partial charge in [0.25, 0.3) is 0 Å². The molecule has 4 atom stereocenters. The Kier molecular flexibility index (Phi) is 6.45. The molecule has 2 heterocycles. The summed E-state index contributed by atoms with van der Waals surface area (Å²) >= 11 is 6.99. The molecule has 4 unspecified atom stereocenters. The van der Waals surface area contributed by atoms with Gasteiger partial charge in [-0.15, -0.1) is 0 Å². The Morgan fingerprint density at radius 2 is 1.79 bits per heavy atom. The lowest BCUT2D eigenvalue weighted by atomic mass is 9.64. The Bertz CT molecular complexity index is 1120. The van der Waals surface area contributed by atoms with Gasteiger partial charge in [-0.25, -0.2) is 4.39 Å². The van der Waals surface area contributed by atoms with Crippen LogP contribution in [0.2, 0.25) is 0 Å². The Morgan fingerprint density at radius 1 is 1.03 bits per heavy atom. The maximum atomic E-state index is 14.4. The number of methoxy groups -OCH3 is 1. The van der Waals surface area contributed by atoms with Crippen molar-refractivity contribution >= 4 is 40.0 Å². The van der Waals surface area contributed by atoms with Crippen molar-refractivity contribution in [3.63, 3.8) is 0 Å². The molecule has 0 bridgehead atoms. The van der Waals surface area contributed by atoms with Gasteiger partial charge in [0, 0.05) is 0 Å². The second kappa shape index (κ2) is 9.34. The van der Waals surface area contributed by atoms with Crippen LogP contribution in [0.15, 0.2) is 33.6 Å². The third-order valence-electron chi connectivity index (χ3n) is 7.47. The molecule has 2 saturated carbocycles. The van der Waals surface area contributed by atoms with E-state index in [2.05, 4.69) is 0 Å². The fourth-order valence-electron chi connectivity index (χ4n) is 5.79. The first-order valence-corrected chi connectivity index (χ1v) is 12.8. The maximum Gasteiger partial charge on any atom is 0.201 e. The first-order chi connectivity index (χ1) is 16.0. The van der Waals surface area contributed by atoms with Crippen LogP contribution >= 0.6 is 24.0 Å². The van der Waals surface area contributed by atoms with E-state index in [9.17, 15) is 13.6 Å². The Morgan fingerprint density at radius 3 is 2.58 bits per heavy atom. The van der Waals surface area contributed by atoms with Crippen molar-refractivity contribution in [1.82, 2.24) is 0 Å². The lowest BCUT2D eigenvalue weighted by Crippen LogP contribution is -2.34. The highest BCUT2D eigenvalue weighted by Gasteiger charge is 2.44. The molecule has 174 valence electrons. The standard InChI is InChI=1S/C26H26F2O3S2/c1-30-20-11-9-18(23(27)24(20)28)19-10-8-17(31-19)13-21-25(29)22(26(32)33-21)16-7-6-14-4-2-3-5-15(14)12-16/h8-11,13-16,22H,2-7,12H2,1H3/b21-13-. The van der Waals surface area contributed by atoms with E-state index in [4.69, 9.17) is 21.4 Å². The van der Waals surface area contributed by atoms with Gasteiger partial charge in [0.2, 0.25) is 5.82 Å². The number of thioether (sulfide) groups is 1. The van der Waals surface area contributed by atoms with E-state index in [1.54, 1.807) is 18.2 Å². The van der Waals surface area contributed by atoms with Crippen molar-refractivity contribution in [3.8, 4) is 17.1 Å². The Labute approximate surface area is 202 Å². The summed E-state index contributed by atoms with van der Waals surface area (Å²) in [5, 5.41) is 0. The largest absolute Gasteiger partial charge is 0.494 e. The van der Waals surface area contributed by atoms with Crippen LogP contribution in [0, 0.1) is 35.3 Å². The molecule has 5 rings (SSSR count). The summed E-state index contributed by atoms with van der Waals surface area (Å²) in [7, 11) is 1.28. The van der Waals surface area contributed by atoms with Gasteiger partial charge in [-0.2, -0.15) is 4.39 Å². The molecule has 1 aliphatic heterocycles. The van der Waals surface area contributed by atoms with E-state index >= 15 is 0 Å². The molecule has 1 aromatic heterocycles. The first-order valence-electron chi connectivity index (χ1n) is 11.6. The number of hydrogen-bond acceptors (Lipinski definition) is 5. The summed E-state index contributed by atoms with van der Waals surface area (Å²) in [6.07, 6.45) is 10.3. The molecule has 2 aromatic rings. The molecule has 0 spiro atoms. The van der Waals surface area contributed by atoms with Crippen molar-refractivity contribution in [1.29, 1.82) is 0 Å². The molecule has 7 heteroatoms. The smallest absolute Gasteiger partial charge is 0.201 e. The number of carbonyl (C=O) groups is 1. The normalized spacial score (nSPS) is 28.9. The van der Waals surface area contributed by atoms with Crippen molar-refractivity contribution < 1.29 is 22.7 Å². The number of ether oxygens (including phenoxy) is 1. The minimum absolute atomic E-state index is 0.000917. The highest BCUT2D eigenvalue weighted by molar-refractivity contribution is 8.27. The minimum Gasteiger partial charge on any atom is -0.494 e. The number of halogens is 2. The predicted molar refractivity (Wildman–Crippen MR) is 130 cm³/mol. The Balaban J connectivity index is 1.34. The van der Waals surface area contributed by atoms with Crippen LogP contribution in [-0.2, 0) is 4.79 Å².